The Kier molecular flexibility index (Phi) is 4.64. The minimum absolute atomic E-state index is 0.815. The zero-order valence-corrected chi connectivity index (χ0v) is 13.2. The summed E-state index contributed by atoms with van der Waals surface area (Å²) in [4.78, 5) is 4.74. The Morgan fingerprint density at radius 2 is 2.11 bits per heavy atom. The summed E-state index contributed by atoms with van der Waals surface area (Å²) >= 11 is 3.61. The normalized spacial score (nSPS) is 10.7. The van der Waals surface area contributed by atoms with E-state index in [-0.39, 0.29) is 0 Å². The van der Waals surface area contributed by atoms with Crippen molar-refractivity contribution < 1.29 is 4.74 Å². The van der Waals surface area contributed by atoms with Gasteiger partial charge < -0.3 is 10.1 Å². The summed E-state index contributed by atoms with van der Waals surface area (Å²) in [5.74, 6) is 0.815. The molecule has 1 heterocycles. The lowest BCUT2D eigenvalue weighted by atomic mass is 10.1. The van der Waals surface area contributed by atoms with E-state index < -0.39 is 0 Å². The number of halogens is 1. The molecule has 19 heavy (non-hydrogen) atoms. The number of aryl methyl sites for hydroxylation is 1. The van der Waals surface area contributed by atoms with Gasteiger partial charge in [-0.15, -0.1) is 0 Å². The van der Waals surface area contributed by atoms with Gasteiger partial charge in [0, 0.05) is 27.8 Å². The Morgan fingerprint density at radius 1 is 1.32 bits per heavy atom. The van der Waals surface area contributed by atoms with Gasteiger partial charge in [-0.25, -0.2) is 4.98 Å². The van der Waals surface area contributed by atoms with Crippen LogP contribution in [0.4, 0.5) is 5.69 Å². The lowest BCUT2D eigenvalue weighted by Gasteiger charge is -2.14. The maximum absolute atomic E-state index is 5.44. The van der Waals surface area contributed by atoms with Crippen molar-refractivity contribution in [3.8, 4) is 5.75 Å². The maximum Gasteiger partial charge on any atom is 0.145 e. The van der Waals surface area contributed by atoms with Crippen molar-refractivity contribution in [2.24, 2.45) is 0 Å². The summed E-state index contributed by atoms with van der Waals surface area (Å²) in [7, 11) is 1.68. The lowest BCUT2D eigenvalue weighted by Crippen LogP contribution is -2.02. The van der Waals surface area contributed by atoms with Crippen LogP contribution in [-0.2, 0) is 6.42 Å². The minimum Gasteiger partial charge on any atom is -0.494 e. The molecule has 0 bridgehead atoms. The largest absolute Gasteiger partial charge is 0.494 e. The number of aromatic nitrogens is 1. The van der Waals surface area contributed by atoms with Gasteiger partial charge in [0.25, 0.3) is 0 Å². The Hall–Kier alpha value is -1.29. The average molecular weight is 323 g/mol. The van der Waals surface area contributed by atoms with Crippen molar-refractivity contribution in [1.29, 1.82) is 0 Å². The number of benzene rings is 1. The van der Waals surface area contributed by atoms with Gasteiger partial charge in [0.05, 0.1) is 7.11 Å². The first-order valence-electron chi connectivity index (χ1n) is 6.61. The Morgan fingerprint density at radius 3 is 2.74 bits per heavy atom. The molecule has 2 rings (SSSR count). The number of ether oxygens (including phenoxy) is 1. The highest BCUT2D eigenvalue weighted by molar-refractivity contribution is 9.10. The molecular weight excluding hydrogens is 304 g/mol. The number of hydrogen-bond acceptors (Lipinski definition) is 3. The van der Waals surface area contributed by atoms with Gasteiger partial charge in [0.15, 0.2) is 0 Å². The number of anilines is 1. The first kappa shape index (κ1) is 14.1. The molecule has 1 N–H and O–H groups in total. The quantitative estimate of drug-likeness (QED) is 0.886. The molecule has 0 saturated carbocycles. The van der Waals surface area contributed by atoms with Crippen LogP contribution in [0.25, 0.3) is 10.9 Å². The summed E-state index contributed by atoms with van der Waals surface area (Å²) in [6.07, 6.45) is 2.06. The van der Waals surface area contributed by atoms with Crippen LogP contribution in [0.5, 0.6) is 5.75 Å². The molecule has 0 atom stereocenters. The second kappa shape index (κ2) is 6.24. The first-order chi connectivity index (χ1) is 9.21. The number of hydrogen-bond donors (Lipinski definition) is 1. The van der Waals surface area contributed by atoms with E-state index in [2.05, 4.69) is 41.2 Å². The minimum atomic E-state index is 0.815. The Labute approximate surface area is 122 Å². The molecule has 4 heteroatoms. The molecule has 1 aromatic heterocycles. The number of pyridine rings is 1. The molecule has 0 fully saturated rings. The fraction of sp³-hybridized carbons (Fsp3) is 0.400. The van der Waals surface area contributed by atoms with E-state index in [1.807, 2.05) is 12.1 Å². The number of methoxy groups -OCH3 is 1. The smallest absolute Gasteiger partial charge is 0.145 e. The van der Waals surface area contributed by atoms with E-state index in [0.29, 0.717) is 0 Å². The molecular formula is C15H19BrN2O. The maximum atomic E-state index is 5.44. The highest BCUT2D eigenvalue weighted by Crippen LogP contribution is 2.36. The number of fused-ring (bicyclic) bond motifs is 1. The van der Waals surface area contributed by atoms with E-state index in [9.17, 15) is 0 Å². The van der Waals surface area contributed by atoms with Crippen molar-refractivity contribution >= 4 is 32.5 Å². The molecule has 0 amide bonds. The molecule has 3 nitrogen and oxygen atoms in total. The summed E-state index contributed by atoms with van der Waals surface area (Å²) in [5, 5.41) is 4.50. The monoisotopic (exact) mass is 322 g/mol. The predicted octanol–water partition coefficient (Wildman–Crippen LogP) is 4.39. The third-order valence-electron chi connectivity index (χ3n) is 3.02. The van der Waals surface area contributed by atoms with Crippen molar-refractivity contribution in [2.75, 3.05) is 19.0 Å². The van der Waals surface area contributed by atoms with Crippen LogP contribution in [0.3, 0.4) is 0 Å². The highest BCUT2D eigenvalue weighted by Gasteiger charge is 2.12. The van der Waals surface area contributed by atoms with Gasteiger partial charge in [0.2, 0.25) is 0 Å². The molecule has 0 radical (unpaired) electrons. The third-order valence-corrected chi connectivity index (χ3v) is 3.68. The number of nitrogens with zero attached hydrogens (tertiary/aromatic N) is 1. The second-order valence-electron chi connectivity index (χ2n) is 4.41. The fourth-order valence-electron chi connectivity index (χ4n) is 2.21. The summed E-state index contributed by atoms with van der Waals surface area (Å²) in [6.45, 7) is 5.14. The van der Waals surface area contributed by atoms with Crippen LogP contribution >= 0.6 is 15.9 Å². The van der Waals surface area contributed by atoms with E-state index in [1.165, 1.54) is 0 Å². The van der Waals surface area contributed by atoms with Gasteiger partial charge in [-0.2, -0.15) is 0 Å². The molecule has 2 aromatic rings. The van der Waals surface area contributed by atoms with Crippen LogP contribution in [-0.4, -0.2) is 18.6 Å². The SMILES string of the molecule is CCCc1cc(NCC)c2c(Br)ccc(OC)c2n1. The molecule has 0 saturated heterocycles. The van der Waals surface area contributed by atoms with Gasteiger partial charge in [-0.3, -0.25) is 0 Å². The van der Waals surface area contributed by atoms with Crippen LogP contribution in [0.1, 0.15) is 26.0 Å². The predicted molar refractivity (Wildman–Crippen MR) is 84.2 cm³/mol. The number of rotatable bonds is 5. The van der Waals surface area contributed by atoms with Gasteiger partial charge in [-0.1, -0.05) is 29.3 Å². The van der Waals surface area contributed by atoms with Gasteiger partial charge >= 0.3 is 0 Å². The highest BCUT2D eigenvalue weighted by atomic mass is 79.9. The lowest BCUT2D eigenvalue weighted by molar-refractivity contribution is 0.418. The molecule has 0 unspecified atom stereocenters. The fourth-order valence-corrected chi connectivity index (χ4v) is 2.74. The van der Waals surface area contributed by atoms with Gasteiger partial charge in [0.1, 0.15) is 11.3 Å². The Bertz CT molecular complexity index is 584. The zero-order chi connectivity index (χ0) is 13.8. The molecule has 0 aliphatic rings. The van der Waals surface area contributed by atoms with Crippen LogP contribution in [0.2, 0.25) is 0 Å². The van der Waals surface area contributed by atoms with E-state index >= 15 is 0 Å². The summed E-state index contributed by atoms with van der Waals surface area (Å²) in [5.41, 5.74) is 3.13. The first-order valence-corrected chi connectivity index (χ1v) is 7.40. The summed E-state index contributed by atoms with van der Waals surface area (Å²) < 4.78 is 6.47. The van der Waals surface area contributed by atoms with Crippen molar-refractivity contribution in [3.05, 3.63) is 28.4 Å². The van der Waals surface area contributed by atoms with Crippen molar-refractivity contribution in [2.45, 2.75) is 26.7 Å². The molecule has 0 aliphatic heterocycles. The van der Waals surface area contributed by atoms with E-state index in [0.717, 1.165) is 51.9 Å². The van der Waals surface area contributed by atoms with Crippen LogP contribution in [0.15, 0.2) is 22.7 Å². The van der Waals surface area contributed by atoms with Crippen molar-refractivity contribution in [3.63, 3.8) is 0 Å². The number of nitrogens with one attached hydrogen (secondary N) is 1. The second-order valence-corrected chi connectivity index (χ2v) is 5.27. The topological polar surface area (TPSA) is 34.1 Å². The summed E-state index contributed by atoms with van der Waals surface area (Å²) in [6, 6.07) is 6.09. The van der Waals surface area contributed by atoms with Crippen molar-refractivity contribution in [1.82, 2.24) is 4.98 Å². The van der Waals surface area contributed by atoms with Gasteiger partial charge in [-0.05, 0) is 31.5 Å². The standard InChI is InChI=1S/C15H19BrN2O/c1-4-6-10-9-12(17-5-2)14-11(16)7-8-13(19-3)15(14)18-10/h7-9H,4-6H2,1-3H3,(H,17,18). The third kappa shape index (κ3) is 2.84. The van der Waals surface area contributed by atoms with E-state index in [1.54, 1.807) is 7.11 Å². The molecule has 102 valence electrons. The Balaban J connectivity index is 2.73. The molecule has 0 aliphatic carbocycles. The molecule has 0 spiro atoms. The van der Waals surface area contributed by atoms with Crippen LogP contribution in [0, 0.1) is 0 Å². The average Bonchev–Trinajstić information content (AvgIpc) is 2.39. The zero-order valence-electron chi connectivity index (χ0n) is 11.6. The van der Waals surface area contributed by atoms with E-state index in [4.69, 9.17) is 9.72 Å². The molecule has 1 aromatic carbocycles. The van der Waals surface area contributed by atoms with Crippen LogP contribution < -0.4 is 10.1 Å².